The topological polar surface area (TPSA) is 111 Å². The summed E-state index contributed by atoms with van der Waals surface area (Å²) in [6.45, 7) is 0. The normalized spacial score (nSPS) is 10.3. The Morgan fingerprint density at radius 1 is 1.00 bits per heavy atom. The van der Waals surface area contributed by atoms with Crippen molar-refractivity contribution in [2.75, 3.05) is 11.5 Å². The first-order chi connectivity index (χ1) is 12.0. The summed E-state index contributed by atoms with van der Waals surface area (Å²) < 4.78 is 32.1. The van der Waals surface area contributed by atoms with Gasteiger partial charge in [0, 0.05) is 11.6 Å². The molecule has 6 nitrogen and oxygen atoms in total. The summed E-state index contributed by atoms with van der Waals surface area (Å²) in [4.78, 5) is 7.81. The minimum absolute atomic E-state index is 0.0375. The van der Waals surface area contributed by atoms with Crippen molar-refractivity contribution in [1.82, 2.24) is 9.97 Å². The predicted molar refractivity (Wildman–Crippen MR) is 87.4 cm³/mol. The standard InChI is InChI=1S/C17H11F2N5O/c18-12-6-5-9(7-13(12)19)25-14-4-2-1-3-10(14)15-11(8-20)16(21)24-17(22)23-15/h1-7H,(H4,21,22,23,24). The van der Waals surface area contributed by atoms with Gasteiger partial charge in [-0.05, 0) is 24.3 Å². The van der Waals surface area contributed by atoms with Gasteiger partial charge < -0.3 is 16.2 Å². The molecule has 0 fully saturated rings. The zero-order chi connectivity index (χ0) is 18.0. The van der Waals surface area contributed by atoms with Gasteiger partial charge in [0.1, 0.15) is 28.9 Å². The first-order valence-electron chi connectivity index (χ1n) is 7.05. The lowest BCUT2D eigenvalue weighted by molar-refractivity contribution is 0.462. The summed E-state index contributed by atoms with van der Waals surface area (Å²) in [5, 5.41) is 9.32. The van der Waals surface area contributed by atoms with E-state index in [1.54, 1.807) is 24.3 Å². The lowest BCUT2D eigenvalue weighted by atomic mass is 10.1. The van der Waals surface area contributed by atoms with Gasteiger partial charge in [0.15, 0.2) is 11.6 Å². The summed E-state index contributed by atoms with van der Waals surface area (Å²) in [7, 11) is 0. The molecule has 0 spiro atoms. The van der Waals surface area contributed by atoms with Crippen LogP contribution in [-0.2, 0) is 0 Å². The molecule has 0 aliphatic carbocycles. The molecule has 1 aromatic heterocycles. The molecule has 0 aliphatic heterocycles. The fourth-order valence-corrected chi connectivity index (χ4v) is 2.22. The second-order valence-electron chi connectivity index (χ2n) is 4.98. The SMILES string of the molecule is N#Cc1c(N)nc(N)nc1-c1ccccc1Oc1ccc(F)c(F)c1. The Bertz CT molecular complexity index is 1000. The van der Waals surface area contributed by atoms with Crippen molar-refractivity contribution in [3.05, 3.63) is 59.7 Å². The third-order valence-corrected chi connectivity index (χ3v) is 3.33. The third kappa shape index (κ3) is 3.16. The van der Waals surface area contributed by atoms with E-state index >= 15 is 0 Å². The van der Waals surface area contributed by atoms with Gasteiger partial charge in [-0.3, -0.25) is 0 Å². The van der Waals surface area contributed by atoms with Crippen molar-refractivity contribution in [3.8, 4) is 28.8 Å². The van der Waals surface area contributed by atoms with Gasteiger partial charge in [0.2, 0.25) is 5.95 Å². The van der Waals surface area contributed by atoms with E-state index in [4.69, 9.17) is 16.2 Å². The maximum absolute atomic E-state index is 13.4. The van der Waals surface area contributed by atoms with Crippen molar-refractivity contribution in [1.29, 1.82) is 5.26 Å². The van der Waals surface area contributed by atoms with Crippen LogP contribution in [0.25, 0.3) is 11.3 Å². The minimum atomic E-state index is -1.04. The van der Waals surface area contributed by atoms with E-state index in [1.807, 2.05) is 6.07 Å². The number of hydrogen-bond donors (Lipinski definition) is 2. The van der Waals surface area contributed by atoms with Crippen LogP contribution in [0.3, 0.4) is 0 Å². The lowest BCUT2D eigenvalue weighted by Gasteiger charge is -2.13. The van der Waals surface area contributed by atoms with Crippen LogP contribution >= 0.6 is 0 Å². The molecule has 2 aromatic carbocycles. The fourth-order valence-electron chi connectivity index (χ4n) is 2.22. The lowest BCUT2D eigenvalue weighted by Crippen LogP contribution is -2.05. The van der Waals surface area contributed by atoms with Crippen LogP contribution in [-0.4, -0.2) is 9.97 Å². The fraction of sp³-hybridized carbons (Fsp3) is 0. The summed E-state index contributed by atoms with van der Waals surface area (Å²) in [5.41, 5.74) is 12.0. The number of aromatic nitrogens is 2. The zero-order valence-corrected chi connectivity index (χ0v) is 12.7. The second-order valence-corrected chi connectivity index (χ2v) is 4.98. The van der Waals surface area contributed by atoms with Gasteiger partial charge >= 0.3 is 0 Å². The molecule has 4 N–H and O–H groups in total. The van der Waals surface area contributed by atoms with Gasteiger partial charge in [0.05, 0.1) is 5.69 Å². The van der Waals surface area contributed by atoms with Gasteiger partial charge in [-0.1, -0.05) is 12.1 Å². The van der Waals surface area contributed by atoms with Crippen LogP contribution in [0.5, 0.6) is 11.5 Å². The average Bonchev–Trinajstić information content (AvgIpc) is 2.58. The van der Waals surface area contributed by atoms with Crippen molar-refractivity contribution < 1.29 is 13.5 Å². The Morgan fingerprint density at radius 2 is 1.76 bits per heavy atom. The number of rotatable bonds is 3. The molecule has 0 unspecified atom stereocenters. The monoisotopic (exact) mass is 339 g/mol. The minimum Gasteiger partial charge on any atom is -0.457 e. The molecular weight excluding hydrogens is 328 g/mol. The molecule has 0 radical (unpaired) electrons. The summed E-state index contributed by atoms with van der Waals surface area (Å²) in [6, 6.07) is 11.7. The highest BCUT2D eigenvalue weighted by molar-refractivity contribution is 5.77. The van der Waals surface area contributed by atoms with Crippen molar-refractivity contribution in [2.45, 2.75) is 0 Å². The smallest absolute Gasteiger partial charge is 0.222 e. The molecule has 25 heavy (non-hydrogen) atoms. The second kappa shape index (κ2) is 6.41. The third-order valence-electron chi connectivity index (χ3n) is 3.33. The van der Waals surface area contributed by atoms with Crippen LogP contribution < -0.4 is 16.2 Å². The van der Waals surface area contributed by atoms with E-state index in [0.29, 0.717) is 5.56 Å². The molecule has 0 saturated heterocycles. The first kappa shape index (κ1) is 16.1. The van der Waals surface area contributed by atoms with E-state index in [1.165, 1.54) is 6.07 Å². The Morgan fingerprint density at radius 3 is 2.48 bits per heavy atom. The van der Waals surface area contributed by atoms with Gasteiger partial charge in [-0.2, -0.15) is 10.2 Å². The molecular formula is C17H11F2N5O. The summed E-state index contributed by atoms with van der Waals surface area (Å²) in [5.74, 6) is -1.84. The van der Waals surface area contributed by atoms with Crippen LogP contribution in [0.2, 0.25) is 0 Å². The number of nitrogens with zero attached hydrogens (tertiary/aromatic N) is 3. The number of anilines is 2. The van der Waals surface area contributed by atoms with Crippen LogP contribution in [0.4, 0.5) is 20.5 Å². The molecule has 3 aromatic rings. The van der Waals surface area contributed by atoms with E-state index in [0.717, 1.165) is 12.1 Å². The quantitative estimate of drug-likeness (QED) is 0.758. The summed E-state index contributed by atoms with van der Waals surface area (Å²) in [6.07, 6.45) is 0. The molecule has 3 rings (SSSR count). The highest BCUT2D eigenvalue weighted by Crippen LogP contribution is 2.35. The van der Waals surface area contributed by atoms with Crippen LogP contribution in [0, 0.1) is 23.0 Å². The number of hydrogen-bond acceptors (Lipinski definition) is 6. The van der Waals surface area contributed by atoms with E-state index < -0.39 is 11.6 Å². The molecule has 0 aliphatic rings. The highest BCUT2D eigenvalue weighted by atomic mass is 19.2. The molecule has 0 atom stereocenters. The van der Waals surface area contributed by atoms with Crippen LogP contribution in [0.15, 0.2) is 42.5 Å². The van der Waals surface area contributed by atoms with Crippen LogP contribution in [0.1, 0.15) is 5.56 Å². The molecule has 0 saturated carbocycles. The zero-order valence-electron chi connectivity index (χ0n) is 12.7. The highest BCUT2D eigenvalue weighted by Gasteiger charge is 2.17. The first-order valence-corrected chi connectivity index (χ1v) is 7.05. The van der Waals surface area contributed by atoms with E-state index in [-0.39, 0.29) is 34.5 Å². The Kier molecular flexibility index (Phi) is 4.14. The molecule has 0 bridgehead atoms. The number of benzene rings is 2. The number of halogens is 2. The Labute approximate surface area is 141 Å². The number of nitriles is 1. The Balaban J connectivity index is 2.11. The number of nitrogen functional groups attached to an aromatic ring is 2. The van der Waals surface area contributed by atoms with Crippen molar-refractivity contribution in [3.63, 3.8) is 0 Å². The number of ether oxygens (including phenoxy) is 1. The van der Waals surface area contributed by atoms with Gasteiger partial charge in [0.25, 0.3) is 0 Å². The van der Waals surface area contributed by atoms with Crippen molar-refractivity contribution >= 4 is 11.8 Å². The number of nitrogens with two attached hydrogens (primary N) is 2. The summed E-state index contributed by atoms with van der Waals surface area (Å²) >= 11 is 0. The van der Waals surface area contributed by atoms with E-state index in [2.05, 4.69) is 9.97 Å². The molecule has 124 valence electrons. The number of para-hydroxylation sites is 1. The predicted octanol–water partition coefficient (Wildman–Crippen LogP) is 3.25. The van der Waals surface area contributed by atoms with Gasteiger partial charge in [-0.25, -0.2) is 13.8 Å². The molecule has 0 amide bonds. The Hall–Kier alpha value is -3.73. The maximum Gasteiger partial charge on any atom is 0.222 e. The maximum atomic E-state index is 13.4. The van der Waals surface area contributed by atoms with Gasteiger partial charge in [-0.15, -0.1) is 0 Å². The average molecular weight is 339 g/mol. The van der Waals surface area contributed by atoms with Crippen molar-refractivity contribution in [2.24, 2.45) is 0 Å². The van der Waals surface area contributed by atoms with E-state index in [9.17, 15) is 14.0 Å². The molecule has 8 heteroatoms. The largest absolute Gasteiger partial charge is 0.457 e. The molecule has 1 heterocycles.